The third kappa shape index (κ3) is 3.24. The highest BCUT2D eigenvalue weighted by molar-refractivity contribution is 5.95. The maximum absolute atomic E-state index is 11.5. The lowest BCUT2D eigenvalue weighted by molar-refractivity contribution is -0.297. The molecule has 0 amide bonds. The molecule has 0 fully saturated rings. The highest BCUT2D eigenvalue weighted by Crippen LogP contribution is 2.12. The van der Waals surface area contributed by atoms with Gasteiger partial charge in [0.2, 0.25) is 0 Å². The van der Waals surface area contributed by atoms with Crippen LogP contribution in [0.15, 0.2) is 30.3 Å². The average molecular weight is 219 g/mol. The predicted octanol–water partition coefficient (Wildman–Crippen LogP) is 0.626. The Balaban J connectivity index is 3.00. The summed E-state index contributed by atoms with van der Waals surface area (Å²) in [7, 11) is 0. The minimum absolute atomic E-state index is 0.275. The minimum atomic E-state index is -1.31. The van der Waals surface area contributed by atoms with E-state index in [1.807, 2.05) is 0 Å². The number of ether oxygens (including phenoxy) is 1. The molecule has 84 valence electrons. The van der Waals surface area contributed by atoms with Crippen LogP contribution in [-0.4, -0.2) is 18.5 Å². The Morgan fingerprint density at radius 1 is 1.38 bits per heavy atom. The summed E-state index contributed by atoms with van der Waals surface area (Å²) in [5.74, 6) is -1.78. The van der Waals surface area contributed by atoms with Crippen molar-refractivity contribution in [2.45, 2.75) is 6.92 Å². The second-order valence-electron chi connectivity index (χ2n) is 2.96. The van der Waals surface area contributed by atoms with Crippen molar-refractivity contribution in [3.63, 3.8) is 0 Å². The number of rotatable bonds is 4. The quantitative estimate of drug-likeness (QED) is 0.550. The molecule has 0 unspecified atom stereocenters. The Morgan fingerprint density at radius 2 is 2.06 bits per heavy atom. The second-order valence-corrected chi connectivity index (χ2v) is 2.96. The monoisotopic (exact) mass is 219 g/mol. The molecule has 0 atom stereocenters. The van der Waals surface area contributed by atoms with Gasteiger partial charge in [0.15, 0.2) is 0 Å². The Morgan fingerprint density at radius 3 is 2.69 bits per heavy atom. The maximum atomic E-state index is 11.5. The van der Waals surface area contributed by atoms with E-state index in [-0.39, 0.29) is 6.61 Å². The minimum Gasteiger partial charge on any atom is -0.545 e. The SMILES string of the molecule is CCOC(=O)c1ccccc1/C=C/C(=O)[O-]. The number of esters is 1. The lowest BCUT2D eigenvalue weighted by atomic mass is 10.1. The van der Waals surface area contributed by atoms with Crippen LogP contribution in [0.4, 0.5) is 0 Å². The molecule has 4 nitrogen and oxygen atoms in total. The fourth-order valence-corrected chi connectivity index (χ4v) is 1.19. The lowest BCUT2D eigenvalue weighted by Crippen LogP contribution is -2.18. The van der Waals surface area contributed by atoms with Gasteiger partial charge in [0.1, 0.15) is 0 Å². The summed E-state index contributed by atoms with van der Waals surface area (Å²) in [5.41, 5.74) is 0.826. The van der Waals surface area contributed by atoms with E-state index in [0.717, 1.165) is 6.08 Å². The summed E-state index contributed by atoms with van der Waals surface area (Å²) in [4.78, 5) is 21.8. The van der Waals surface area contributed by atoms with Gasteiger partial charge in [0.05, 0.1) is 18.1 Å². The number of carboxylic acids is 1. The Hall–Kier alpha value is -2.10. The maximum Gasteiger partial charge on any atom is 0.338 e. The average Bonchev–Trinajstić information content (AvgIpc) is 2.27. The lowest BCUT2D eigenvalue weighted by Gasteiger charge is -2.05. The molecule has 0 aliphatic heterocycles. The number of carbonyl (C=O) groups is 2. The third-order valence-electron chi connectivity index (χ3n) is 1.86. The molecule has 0 aliphatic rings. The van der Waals surface area contributed by atoms with Crippen LogP contribution in [0.3, 0.4) is 0 Å². The molecule has 0 saturated carbocycles. The fraction of sp³-hybridized carbons (Fsp3) is 0.167. The molecule has 4 heteroatoms. The zero-order valence-corrected chi connectivity index (χ0v) is 8.80. The zero-order valence-electron chi connectivity index (χ0n) is 8.80. The first kappa shape index (κ1) is 12.0. The highest BCUT2D eigenvalue weighted by atomic mass is 16.5. The Bertz CT molecular complexity index is 421. The van der Waals surface area contributed by atoms with Crippen LogP contribution in [-0.2, 0) is 9.53 Å². The van der Waals surface area contributed by atoms with Gasteiger partial charge < -0.3 is 14.6 Å². The first-order chi connectivity index (χ1) is 7.65. The molecule has 0 heterocycles. The molecule has 1 aromatic carbocycles. The van der Waals surface area contributed by atoms with Crippen LogP contribution < -0.4 is 5.11 Å². The van der Waals surface area contributed by atoms with Crippen molar-refractivity contribution in [2.75, 3.05) is 6.61 Å². The van der Waals surface area contributed by atoms with E-state index in [1.54, 1.807) is 31.2 Å². The van der Waals surface area contributed by atoms with E-state index >= 15 is 0 Å². The largest absolute Gasteiger partial charge is 0.545 e. The van der Waals surface area contributed by atoms with E-state index in [1.165, 1.54) is 6.08 Å². The van der Waals surface area contributed by atoms with Crippen molar-refractivity contribution < 1.29 is 19.4 Å². The normalized spacial score (nSPS) is 10.3. The van der Waals surface area contributed by atoms with Crippen molar-refractivity contribution >= 4 is 18.0 Å². The van der Waals surface area contributed by atoms with Gasteiger partial charge in [-0.05, 0) is 24.6 Å². The van der Waals surface area contributed by atoms with E-state index in [2.05, 4.69) is 0 Å². The molecular formula is C12H11O4-. The van der Waals surface area contributed by atoms with Gasteiger partial charge >= 0.3 is 5.97 Å². The third-order valence-corrected chi connectivity index (χ3v) is 1.86. The van der Waals surface area contributed by atoms with Crippen LogP contribution in [0.2, 0.25) is 0 Å². The van der Waals surface area contributed by atoms with E-state index in [4.69, 9.17) is 4.74 Å². The first-order valence-electron chi connectivity index (χ1n) is 4.80. The molecule has 1 aromatic rings. The van der Waals surface area contributed by atoms with Crippen LogP contribution in [0.1, 0.15) is 22.8 Å². The summed E-state index contributed by atoms with van der Waals surface area (Å²) >= 11 is 0. The number of hydrogen-bond acceptors (Lipinski definition) is 4. The second kappa shape index (κ2) is 5.70. The number of carbonyl (C=O) groups excluding carboxylic acids is 2. The smallest absolute Gasteiger partial charge is 0.338 e. The number of benzene rings is 1. The summed E-state index contributed by atoms with van der Waals surface area (Å²) < 4.78 is 4.84. The van der Waals surface area contributed by atoms with Crippen molar-refractivity contribution in [3.8, 4) is 0 Å². The van der Waals surface area contributed by atoms with E-state index < -0.39 is 11.9 Å². The summed E-state index contributed by atoms with van der Waals surface area (Å²) in [5, 5.41) is 10.3. The molecule has 0 bridgehead atoms. The van der Waals surface area contributed by atoms with Gasteiger partial charge in [0, 0.05) is 0 Å². The molecular weight excluding hydrogens is 208 g/mol. The zero-order chi connectivity index (χ0) is 12.0. The highest BCUT2D eigenvalue weighted by Gasteiger charge is 2.09. The number of carboxylic acid groups (broad SMARTS) is 1. The first-order valence-corrected chi connectivity index (χ1v) is 4.80. The van der Waals surface area contributed by atoms with Crippen molar-refractivity contribution in [1.29, 1.82) is 0 Å². The molecule has 1 rings (SSSR count). The predicted molar refractivity (Wildman–Crippen MR) is 56.4 cm³/mol. The van der Waals surface area contributed by atoms with Crippen LogP contribution in [0, 0.1) is 0 Å². The topological polar surface area (TPSA) is 66.4 Å². The van der Waals surface area contributed by atoms with Crippen LogP contribution in [0.25, 0.3) is 6.08 Å². The van der Waals surface area contributed by atoms with E-state index in [9.17, 15) is 14.7 Å². The van der Waals surface area contributed by atoms with Crippen LogP contribution >= 0.6 is 0 Å². The van der Waals surface area contributed by atoms with E-state index in [0.29, 0.717) is 11.1 Å². The Labute approximate surface area is 93.2 Å². The molecule has 0 saturated heterocycles. The van der Waals surface area contributed by atoms with Crippen molar-refractivity contribution in [3.05, 3.63) is 41.5 Å². The standard InChI is InChI=1S/C12H12O4/c1-2-16-12(15)10-6-4-3-5-9(10)7-8-11(13)14/h3-8H,2H2,1H3,(H,13,14)/p-1/b8-7+. The Kier molecular flexibility index (Phi) is 4.27. The van der Waals surface area contributed by atoms with Gasteiger partial charge in [-0.15, -0.1) is 0 Å². The summed E-state index contributed by atoms with van der Waals surface area (Å²) in [6.07, 6.45) is 2.18. The molecule has 0 spiro atoms. The van der Waals surface area contributed by atoms with Gasteiger partial charge in [0.25, 0.3) is 0 Å². The fourth-order valence-electron chi connectivity index (χ4n) is 1.19. The molecule has 0 N–H and O–H groups in total. The molecule has 16 heavy (non-hydrogen) atoms. The van der Waals surface area contributed by atoms with Gasteiger partial charge in [-0.1, -0.05) is 24.3 Å². The van der Waals surface area contributed by atoms with Gasteiger partial charge in [-0.25, -0.2) is 4.79 Å². The molecule has 0 radical (unpaired) electrons. The van der Waals surface area contributed by atoms with Crippen LogP contribution in [0.5, 0.6) is 0 Å². The summed E-state index contributed by atoms with van der Waals surface area (Å²) in [6.45, 7) is 1.98. The van der Waals surface area contributed by atoms with Crippen molar-refractivity contribution in [1.82, 2.24) is 0 Å². The molecule has 0 aliphatic carbocycles. The van der Waals surface area contributed by atoms with Gasteiger partial charge in [-0.2, -0.15) is 0 Å². The molecule has 0 aromatic heterocycles. The van der Waals surface area contributed by atoms with Gasteiger partial charge in [-0.3, -0.25) is 0 Å². The number of aliphatic carboxylic acids is 1. The summed E-state index contributed by atoms with van der Waals surface area (Å²) in [6, 6.07) is 6.60. The number of hydrogen-bond donors (Lipinski definition) is 0. The van der Waals surface area contributed by atoms with Crippen molar-refractivity contribution in [2.24, 2.45) is 0 Å².